The standard InChI is InChI=1S/C13H22N2O2/c1-13(2,10-14)5-3-6-15-7-4-11(9-15)8-12(16)17/h11H,3-9H2,1-2H3,(H,16,17). The molecule has 4 heteroatoms. The van der Waals surface area contributed by atoms with Crippen LogP contribution in [-0.4, -0.2) is 35.6 Å². The average molecular weight is 238 g/mol. The Hall–Kier alpha value is -1.08. The third-order valence-corrected chi connectivity index (χ3v) is 3.41. The second kappa shape index (κ2) is 6.02. The highest BCUT2D eigenvalue weighted by Crippen LogP contribution is 2.23. The Labute approximate surface area is 103 Å². The first-order valence-corrected chi connectivity index (χ1v) is 6.28. The zero-order valence-electron chi connectivity index (χ0n) is 10.8. The van der Waals surface area contributed by atoms with Crippen molar-refractivity contribution in [3.8, 4) is 6.07 Å². The molecular formula is C13H22N2O2. The molecule has 4 nitrogen and oxygen atoms in total. The second-order valence-corrected chi connectivity index (χ2v) is 5.65. The van der Waals surface area contributed by atoms with Gasteiger partial charge in [0.25, 0.3) is 0 Å². The van der Waals surface area contributed by atoms with Gasteiger partial charge in [-0.25, -0.2) is 0 Å². The normalized spacial score (nSPS) is 21.4. The van der Waals surface area contributed by atoms with Crippen molar-refractivity contribution in [3.05, 3.63) is 0 Å². The second-order valence-electron chi connectivity index (χ2n) is 5.65. The maximum Gasteiger partial charge on any atom is 0.303 e. The van der Waals surface area contributed by atoms with Gasteiger partial charge in [-0.3, -0.25) is 4.79 Å². The van der Waals surface area contributed by atoms with Gasteiger partial charge in [0.15, 0.2) is 0 Å². The maximum atomic E-state index is 10.6. The van der Waals surface area contributed by atoms with Crippen LogP contribution in [0.2, 0.25) is 0 Å². The molecule has 1 N–H and O–H groups in total. The average Bonchev–Trinajstić information content (AvgIpc) is 2.64. The number of carboxylic acids is 1. The summed E-state index contributed by atoms with van der Waals surface area (Å²) in [5, 5.41) is 17.6. The van der Waals surface area contributed by atoms with Gasteiger partial charge < -0.3 is 10.0 Å². The fourth-order valence-electron chi connectivity index (χ4n) is 2.33. The maximum absolute atomic E-state index is 10.6. The number of hydrogen-bond donors (Lipinski definition) is 1. The van der Waals surface area contributed by atoms with E-state index in [0.29, 0.717) is 12.3 Å². The Kier molecular flexibility index (Phi) is 4.95. The summed E-state index contributed by atoms with van der Waals surface area (Å²) in [7, 11) is 0. The lowest BCUT2D eigenvalue weighted by molar-refractivity contribution is -0.138. The third-order valence-electron chi connectivity index (χ3n) is 3.41. The number of carbonyl (C=O) groups is 1. The van der Waals surface area contributed by atoms with Gasteiger partial charge in [-0.15, -0.1) is 0 Å². The fourth-order valence-corrected chi connectivity index (χ4v) is 2.33. The number of hydrogen-bond acceptors (Lipinski definition) is 3. The van der Waals surface area contributed by atoms with Crippen molar-refractivity contribution in [2.45, 2.75) is 39.5 Å². The lowest BCUT2D eigenvalue weighted by atomic mass is 9.90. The first-order chi connectivity index (χ1) is 7.93. The minimum Gasteiger partial charge on any atom is -0.481 e. The summed E-state index contributed by atoms with van der Waals surface area (Å²) in [4.78, 5) is 12.9. The largest absolute Gasteiger partial charge is 0.481 e. The minimum absolute atomic E-state index is 0.236. The molecule has 0 bridgehead atoms. The number of likely N-dealkylation sites (tertiary alicyclic amines) is 1. The van der Waals surface area contributed by atoms with E-state index in [0.717, 1.165) is 38.9 Å². The van der Waals surface area contributed by atoms with Crippen LogP contribution < -0.4 is 0 Å². The smallest absolute Gasteiger partial charge is 0.303 e. The van der Waals surface area contributed by atoms with Crippen molar-refractivity contribution in [1.82, 2.24) is 4.90 Å². The van der Waals surface area contributed by atoms with E-state index >= 15 is 0 Å². The van der Waals surface area contributed by atoms with Crippen molar-refractivity contribution in [2.24, 2.45) is 11.3 Å². The van der Waals surface area contributed by atoms with Gasteiger partial charge in [0, 0.05) is 13.0 Å². The van der Waals surface area contributed by atoms with Crippen LogP contribution in [0.15, 0.2) is 0 Å². The van der Waals surface area contributed by atoms with Crippen LogP contribution in [0.5, 0.6) is 0 Å². The fraction of sp³-hybridized carbons (Fsp3) is 0.846. The van der Waals surface area contributed by atoms with E-state index in [4.69, 9.17) is 10.4 Å². The van der Waals surface area contributed by atoms with Crippen molar-refractivity contribution < 1.29 is 9.90 Å². The highest BCUT2D eigenvalue weighted by Gasteiger charge is 2.24. The molecule has 0 aliphatic carbocycles. The molecule has 17 heavy (non-hydrogen) atoms. The molecule has 0 radical (unpaired) electrons. The first-order valence-electron chi connectivity index (χ1n) is 6.28. The molecule has 0 spiro atoms. The molecule has 1 unspecified atom stereocenters. The molecule has 96 valence electrons. The highest BCUT2D eigenvalue weighted by atomic mass is 16.4. The lowest BCUT2D eigenvalue weighted by Gasteiger charge is -2.19. The van der Waals surface area contributed by atoms with E-state index in [-0.39, 0.29) is 5.41 Å². The Morgan fingerprint density at radius 1 is 1.59 bits per heavy atom. The zero-order valence-corrected chi connectivity index (χ0v) is 10.8. The Morgan fingerprint density at radius 3 is 2.88 bits per heavy atom. The molecule has 1 fully saturated rings. The van der Waals surface area contributed by atoms with Crippen LogP contribution in [0.25, 0.3) is 0 Å². The molecule has 1 heterocycles. The Bertz CT molecular complexity index is 307. The van der Waals surface area contributed by atoms with Gasteiger partial charge in [0.05, 0.1) is 11.5 Å². The van der Waals surface area contributed by atoms with Crippen LogP contribution in [0, 0.1) is 22.7 Å². The predicted molar refractivity (Wildman–Crippen MR) is 65.4 cm³/mol. The van der Waals surface area contributed by atoms with Gasteiger partial charge in [-0.2, -0.15) is 5.26 Å². The van der Waals surface area contributed by atoms with Gasteiger partial charge in [-0.1, -0.05) is 0 Å². The van der Waals surface area contributed by atoms with Crippen molar-refractivity contribution in [3.63, 3.8) is 0 Å². The van der Waals surface area contributed by atoms with E-state index in [1.807, 2.05) is 13.8 Å². The molecule has 0 saturated carbocycles. The number of nitriles is 1. The molecule has 0 aromatic rings. The number of carboxylic acid groups (broad SMARTS) is 1. The summed E-state index contributed by atoms with van der Waals surface area (Å²) >= 11 is 0. The number of aliphatic carboxylic acids is 1. The number of nitrogens with zero attached hydrogens (tertiary/aromatic N) is 2. The van der Waals surface area contributed by atoms with Crippen molar-refractivity contribution in [2.75, 3.05) is 19.6 Å². The third kappa shape index (κ3) is 5.18. The summed E-state index contributed by atoms with van der Waals surface area (Å²) in [5.41, 5.74) is -0.236. The van der Waals surface area contributed by atoms with Gasteiger partial charge in [0.1, 0.15) is 0 Å². The number of rotatable bonds is 6. The molecule has 0 aromatic heterocycles. The molecule has 1 rings (SSSR count). The topological polar surface area (TPSA) is 64.3 Å². The van der Waals surface area contributed by atoms with E-state index in [2.05, 4.69) is 11.0 Å². The van der Waals surface area contributed by atoms with Gasteiger partial charge in [0.2, 0.25) is 0 Å². The molecule has 1 aliphatic heterocycles. The van der Waals surface area contributed by atoms with Crippen LogP contribution in [0.3, 0.4) is 0 Å². The molecule has 0 amide bonds. The highest BCUT2D eigenvalue weighted by molar-refractivity contribution is 5.67. The van der Waals surface area contributed by atoms with Crippen LogP contribution in [0.4, 0.5) is 0 Å². The summed E-state index contributed by atoms with van der Waals surface area (Å²) in [6.45, 7) is 6.82. The first kappa shape index (κ1) is 14.0. The molecule has 1 atom stereocenters. The zero-order chi connectivity index (χ0) is 12.9. The Morgan fingerprint density at radius 2 is 2.29 bits per heavy atom. The monoisotopic (exact) mass is 238 g/mol. The van der Waals surface area contributed by atoms with Gasteiger partial charge >= 0.3 is 5.97 Å². The summed E-state index contributed by atoms with van der Waals surface area (Å²) in [6.07, 6.45) is 3.21. The molecular weight excluding hydrogens is 216 g/mol. The summed E-state index contributed by atoms with van der Waals surface area (Å²) in [5.74, 6) is -0.376. The minimum atomic E-state index is -0.692. The summed E-state index contributed by atoms with van der Waals surface area (Å²) < 4.78 is 0. The van der Waals surface area contributed by atoms with Crippen molar-refractivity contribution in [1.29, 1.82) is 5.26 Å². The molecule has 0 aromatic carbocycles. The predicted octanol–water partition coefficient (Wildman–Crippen LogP) is 2.11. The van der Waals surface area contributed by atoms with Gasteiger partial charge in [-0.05, 0) is 52.1 Å². The molecule has 1 aliphatic rings. The van der Waals surface area contributed by atoms with Crippen molar-refractivity contribution >= 4 is 5.97 Å². The summed E-state index contributed by atoms with van der Waals surface area (Å²) in [6, 6.07) is 2.31. The van der Waals surface area contributed by atoms with Crippen LogP contribution >= 0.6 is 0 Å². The van der Waals surface area contributed by atoms with Crippen LogP contribution in [-0.2, 0) is 4.79 Å². The van der Waals surface area contributed by atoms with E-state index in [1.165, 1.54) is 0 Å². The Balaban J connectivity index is 2.19. The van der Waals surface area contributed by atoms with E-state index < -0.39 is 5.97 Å². The van der Waals surface area contributed by atoms with E-state index in [1.54, 1.807) is 0 Å². The quantitative estimate of drug-likeness (QED) is 0.769. The molecule has 1 saturated heterocycles. The lowest BCUT2D eigenvalue weighted by Crippen LogP contribution is -2.23. The van der Waals surface area contributed by atoms with E-state index in [9.17, 15) is 4.79 Å². The SMILES string of the molecule is CC(C)(C#N)CCCN1CCC(CC(=O)O)C1. The van der Waals surface area contributed by atoms with Crippen LogP contribution in [0.1, 0.15) is 39.5 Å².